The first kappa shape index (κ1) is 21.6. The Morgan fingerprint density at radius 1 is 0.933 bits per heavy atom. The van der Waals surface area contributed by atoms with Crippen LogP contribution in [0.3, 0.4) is 0 Å². The number of halogens is 1. The van der Waals surface area contributed by atoms with Crippen LogP contribution in [0.1, 0.15) is 16.7 Å². The highest BCUT2D eigenvalue weighted by molar-refractivity contribution is 6.29. The van der Waals surface area contributed by atoms with Crippen LogP contribution < -0.4 is 5.11 Å². The fourth-order valence-corrected chi connectivity index (χ4v) is 3.68. The first-order chi connectivity index (χ1) is 13.7. The van der Waals surface area contributed by atoms with Crippen molar-refractivity contribution in [1.29, 1.82) is 5.41 Å². The van der Waals surface area contributed by atoms with Crippen molar-refractivity contribution in [3.8, 4) is 11.5 Å². The van der Waals surface area contributed by atoms with Gasteiger partial charge in [0.25, 0.3) is 0 Å². The summed E-state index contributed by atoms with van der Waals surface area (Å²) in [6.45, 7) is 0.904. The van der Waals surface area contributed by atoms with Crippen LogP contribution in [0, 0.1) is 5.41 Å². The maximum Gasteiger partial charge on any atom is 0.133 e. The summed E-state index contributed by atoms with van der Waals surface area (Å²) in [6.07, 6.45) is 3.24. The van der Waals surface area contributed by atoms with Gasteiger partial charge in [-0.1, -0.05) is 42.1 Å². The molecule has 0 aromatic heterocycles. The Morgan fingerprint density at radius 2 is 1.57 bits per heavy atom. The number of rotatable bonds is 3. The summed E-state index contributed by atoms with van der Waals surface area (Å²) in [4.78, 5) is 4.66. The number of phenols is 1. The van der Waals surface area contributed by atoms with Crippen molar-refractivity contribution in [2.45, 2.75) is 6.54 Å². The molecule has 4 rings (SSSR count). The number of phenolic OH excluding ortho intramolecular Hbond substituents is 1. The molecule has 154 valence electrons. The lowest BCUT2D eigenvalue weighted by Crippen LogP contribution is -2.33. The van der Waals surface area contributed by atoms with E-state index in [0.717, 1.165) is 16.7 Å². The minimum Gasteiger partial charge on any atom is -0.872 e. The van der Waals surface area contributed by atoms with E-state index in [1.165, 1.54) is 5.56 Å². The summed E-state index contributed by atoms with van der Waals surface area (Å²) in [5.74, 6) is -0.265. The fourth-order valence-electron chi connectivity index (χ4n) is 3.68. The molecule has 0 unspecified atom stereocenters. The lowest BCUT2D eigenvalue weighted by Gasteiger charge is -2.25. The second-order valence-electron chi connectivity index (χ2n) is 8.33. The molecule has 1 aliphatic rings. The largest absolute Gasteiger partial charge is 0.872 e. The molecule has 0 spiro atoms. The molecule has 0 atom stereocenters. The molecule has 0 fully saturated rings. The molecule has 2 N–H and O–H groups in total. The van der Waals surface area contributed by atoms with Gasteiger partial charge in [-0.25, -0.2) is 4.99 Å². The van der Waals surface area contributed by atoms with Crippen molar-refractivity contribution in [3.63, 3.8) is 0 Å². The van der Waals surface area contributed by atoms with Crippen molar-refractivity contribution in [2.24, 2.45) is 4.99 Å². The zero-order valence-electron chi connectivity index (χ0n) is 17.1. The van der Waals surface area contributed by atoms with Gasteiger partial charge in [0.05, 0.1) is 43.8 Å². The molecule has 0 saturated heterocycles. The second kappa shape index (κ2) is 7.94. The summed E-state index contributed by atoms with van der Waals surface area (Å²) in [7, 11) is 6.41. The maximum absolute atomic E-state index is 13.2. The molecule has 0 heterocycles. The molecule has 5 nitrogen and oxygen atoms in total. The Kier molecular flexibility index (Phi) is 5.70. The van der Waals surface area contributed by atoms with E-state index in [0.29, 0.717) is 16.5 Å². The van der Waals surface area contributed by atoms with Gasteiger partial charge in [0, 0.05) is 16.5 Å². The number of fused-ring (bicyclic) bond motifs is 2. The van der Waals surface area contributed by atoms with Gasteiger partial charge in [-0.05, 0) is 29.7 Å². The van der Waals surface area contributed by atoms with Gasteiger partial charge < -0.3 is 20.1 Å². The highest BCUT2D eigenvalue weighted by atomic mass is 35.5. The molecule has 30 heavy (non-hydrogen) atoms. The Hall–Kier alpha value is -3.15. The minimum absolute atomic E-state index is 0. The summed E-state index contributed by atoms with van der Waals surface area (Å²) < 4.78 is 0.831. The summed E-state index contributed by atoms with van der Waals surface area (Å²) in [6, 6.07) is 14.8. The lowest BCUT2D eigenvalue weighted by atomic mass is 9.88. The predicted molar refractivity (Wildman–Crippen MR) is 123 cm³/mol. The third-order valence-electron chi connectivity index (χ3n) is 4.92. The van der Waals surface area contributed by atoms with E-state index in [9.17, 15) is 10.2 Å². The molecule has 1 aliphatic carbocycles. The first-order valence-electron chi connectivity index (χ1n) is 9.45. The molecular weight excluding hydrogens is 398 g/mol. The standard InChI is InChI=1S/C24H23N3O2.ClH/c1-27(2,3)14-15-8-10-16(11-9-15)26-20-13-12-19(25)21-22(20)24(29)18-7-5-4-6-17(18)23(21)28;/h4-13H,14H2,1-3H3,(H2-,25,26,28,29);1H. The fraction of sp³-hybridized carbons (Fsp3) is 0.167. The number of aromatic hydroxyl groups is 1. The number of aliphatic imine (C=N–C) groups is 1. The average molecular weight is 422 g/mol. The Balaban J connectivity index is 0.00000256. The van der Waals surface area contributed by atoms with Crippen LogP contribution in [0.2, 0.25) is 0 Å². The van der Waals surface area contributed by atoms with Crippen LogP contribution >= 0.6 is 12.4 Å². The smallest absolute Gasteiger partial charge is 0.133 e. The normalized spacial score (nSPS) is 14.6. The number of benzene rings is 3. The second-order valence-corrected chi connectivity index (χ2v) is 8.33. The van der Waals surface area contributed by atoms with E-state index in [1.54, 1.807) is 36.4 Å². The van der Waals surface area contributed by atoms with E-state index in [4.69, 9.17) is 5.41 Å². The van der Waals surface area contributed by atoms with Gasteiger partial charge in [0.15, 0.2) is 0 Å². The van der Waals surface area contributed by atoms with Crippen LogP contribution in [0.25, 0.3) is 10.8 Å². The van der Waals surface area contributed by atoms with E-state index in [1.807, 2.05) is 24.3 Å². The number of allylic oxidation sites excluding steroid dienone is 2. The van der Waals surface area contributed by atoms with E-state index >= 15 is 0 Å². The highest BCUT2D eigenvalue weighted by Gasteiger charge is 2.23. The molecule has 0 radical (unpaired) electrons. The molecule has 0 amide bonds. The molecule has 0 saturated carbocycles. The third-order valence-corrected chi connectivity index (χ3v) is 4.92. The van der Waals surface area contributed by atoms with Gasteiger partial charge >= 0.3 is 0 Å². The molecule has 6 heteroatoms. The van der Waals surface area contributed by atoms with Gasteiger partial charge in [-0.3, -0.25) is 0 Å². The van der Waals surface area contributed by atoms with Crippen LogP contribution in [-0.4, -0.2) is 42.2 Å². The summed E-state index contributed by atoms with van der Waals surface area (Å²) in [5.41, 5.74) is 3.02. The number of quaternary nitrogens is 1. The first-order valence-corrected chi connectivity index (χ1v) is 9.45. The zero-order chi connectivity index (χ0) is 20.8. The number of nitrogens with zero attached hydrogens (tertiary/aromatic N) is 2. The van der Waals surface area contributed by atoms with Gasteiger partial charge in [0.2, 0.25) is 0 Å². The molecular formula is C24H24ClN3O2. The SMILES string of the molecule is C[N+](C)(C)Cc1ccc(N=C2C=CC(=N)c3c2c([O-])c2ccccc2c3O)cc1.Cl. The monoisotopic (exact) mass is 421 g/mol. The van der Waals surface area contributed by atoms with E-state index in [2.05, 4.69) is 26.1 Å². The van der Waals surface area contributed by atoms with Gasteiger partial charge in [0.1, 0.15) is 12.3 Å². The van der Waals surface area contributed by atoms with Crippen molar-refractivity contribution >= 4 is 40.3 Å². The molecule has 3 aromatic rings. The maximum atomic E-state index is 13.2. The third kappa shape index (κ3) is 3.95. The zero-order valence-corrected chi connectivity index (χ0v) is 18.0. The van der Waals surface area contributed by atoms with Crippen LogP contribution in [0.4, 0.5) is 5.69 Å². The average Bonchev–Trinajstić information content (AvgIpc) is 2.68. The van der Waals surface area contributed by atoms with Crippen molar-refractivity contribution in [2.75, 3.05) is 21.1 Å². The van der Waals surface area contributed by atoms with Gasteiger partial charge in [-0.15, -0.1) is 12.4 Å². The minimum atomic E-state index is -0.220. The summed E-state index contributed by atoms with van der Waals surface area (Å²) in [5, 5.41) is 33.0. The van der Waals surface area contributed by atoms with E-state index < -0.39 is 0 Å². The Bertz CT molecular complexity index is 1190. The lowest BCUT2D eigenvalue weighted by molar-refractivity contribution is -0.884. The quantitative estimate of drug-likeness (QED) is 0.618. The molecule has 0 aliphatic heterocycles. The molecule has 0 bridgehead atoms. The van der Waals surface area contributed by atoms with Crippen LogP contribution in [-0.2, 0) is 6.54 Å². The number of hydrogen-bond donors (Lipinski definition) is 2. The van der Waals surface area contributed by atoms with E-state index in [-0.39, 0.29) is 40.7 Å². The summed E-state index contributed by atoms with van der Waals surface area (Å²) >= 11 is 0. The number of hydrogen-bond acceptors (Lipinski definition) is 4. The highest BCUT2D eigenvalue weighted by Crippen LogP contribution is 2.40. The Labute approximate surface area is 182 Å². The van der Waals surface area contributed by atoms with Crippen LogP contribution in [0.5, 0.6) is 11.5 Å². The Morgan fingerprint density at radius 3 is 2.20 bits per heavy atom. The van der Waals surface area contributed by atoms with Crippen LogP contribution in [0.15, 0.2) is 65.7 Å². The molecule has 3 aromatic carbocycles. The predicted octanol–water partition coefficient (Wildman–Crippen LogP) is 4.31. The van der Waals surface area contributed by atoms with Crippen molar-refractivity contribution in [1.82, 2.24) is 0 Å². The topological polar surface area (TPSA) is 79.5 Å². The van der Waals surface area contributed by atoms with Crippen molar-refractivity contribution < 1.29 is 14.7 Å². The van der Waals surface area contributed by atoms with Gasteiger partial charge in [-0.2, -0.15) is 0 Å². The van der Waals surface area contributed by atoms with Crippen molar-refractivity contribution in [3.05, 3.63) is 77.4 Å². The number of nitrogens with one attached hydrogen (secondary N) is 1.